The molecule has 4 heterocycles. The lowest BCUT2D eigenvalue weighted by Crippen LogP contribution is -2.06. The minimum absolute atomic E-state index is 0.527. The van der Waals surface area contributed by atoms with Crippen LogP contribution in [0.15, 0.2) is 12.5 Å². The summed E-state index contributed by atoms with van der Waals surface area (Å²) in [6, 6.07) is 0. The van der Waals surface area contributed by atoms with Crippen molar-refractivity contribution in [3.8, 4) is 11.8 Å². The third-order valence-corrected chi connectivity index (χ3v) is 2.55. The Bertz CT molecular complexity index is 685. The zero-order chi connectivity index (χ0) is 10.5. The Balaban J connectivity index is 2.01. The molecule has 1 N–H and O–H groups in total. The molecule has 0 aromatic carbocycles. The molecular weight excluding hydrogens is 210 g/mol. The van der Waals surface area contributed by atoms with Gasteiger partial charge in [-0.1, -0.05) is 0 Å². The maximum Gasteiger partial charge on any atom is 0.230 e. The van der Waals surface area contributed by atoms with Gasteiger partial charge in [-0.25, -0.2) is 10.1 Å². The molecule has 8 heteroatoms. The fourth-order valence-corrected chi connectivity index (χ4v) is 1.79. The molecule has 0 aliphatic carbocycles. The van der Waals surface area contributed by atoms with E-state index in [2.05, 4.69) is 30.7 Å². The van der Waals surface area contributed by atoms with Gasteiger partial charge in [0.1, 0.15) is 6.33 Å². The summed E-state index contributed by atoms with van der Waals surface area (Å²) in [5.41, 5.74) is 2.52. The topological polar surface area (TPSA) is 93.9 Å². The lowest BCUT2D eigenvalue weighted by Gasteiger charge is -2.14. The predicted octanol–water partition coefficient (Wildman–Crippen LogP) is -0.0611. The minimum Gasteiger partial charge on any atom is -0.420 e. The van der Waals surface area contributed by atoms with Crippen molar-refractivity contribution in [2.75, 3.05) is 0 Å². The molecule has 0 unspecified atom stereocenters. The molecule has 0 bridgehead atoms. The molecule has 0 saturated carbocycles. The van der Waals surface area contributed by atoms with E-state index >= 15 is 0 Å². The van der Waals surface area contributed by atoms with Crippen molar-refractivity contribution in [1.82, 2.24) is 35.2 Å². The van der Waals surface area contributed by atoms with Crippen molar-refractivity contribution in [1.29, 1.82) is 0 Å². The number of nitrogens with zero attached hydrogens (tertiary/aromatic N) is 6. The molecule has 3 aromatic rings. The number of rotatable bonds is 0. The lowest BCUT2D eigenvalue weighted by atomic mass is 10.1. The summed E-state index contributed by atoms with van der Waals surface area (Å²) >= 11 is 0. The summed E-state index contributed by atoms with van der Waals surface area (Å²) in [6.07, 6.45) is 3.92. The van der Waals surface area contributed by atoms with Gasteiger partial charge in [-0.15, -0.1) is 5.10 Å². The van der Waals surface area contributed by atoms with Gasteiger partial charge >= 0.3 is 0 Å². The fraction of sp³-hybridized carbons (Fsp3) is 0.125. The van der Waals surface area contributed by atoms with Crippen molar-refractivity contribution in [3.63, 3.8) is 0 Å². The Morgan fingerprint density at radius 2 is 2.44 bits per heavy atom. The van der Waals surface area contributed by atoms with Crippen molar-refractivity contribution in [3.05, 3.63) is 23.7 Å². The Morgan fingerprint density at radius 1 is 1.44 bits per heavy atom. The van der Waals surface area contributed by atoms with Gasteiger partial charge in [0.2, 0.25) is 11.8 Å². The van der Waals surface area contributed by atoms with E-state index in [1.165, 1.54) is 10.8 Å². The molecule has 1 aliphatic heterocycles. The monoisotopic (exact) mass is 215 g/mol. The zero-order valence-corrected chi connectivity index (χ0v) is 7.95. The highest BCUT2D eigenvalue weighted by atomic mass is 16.5. The molecule has 16 heavy (non-hydrogen) atoms. The SMILES string of the molecule is c1n[nH]c2c1Cc1c(ncn3nnnc13)O2. The van der Waals surface area contributed by atoms with Crippen LogP contribution in [-0.4, -0.2) is 35.2 Å². The number of H-pyrrole nitrogens is 1. The maximum absolute atomic E-state index is 5.56. The Hall–Kier alpha value is -2.51. The van der Waals surface area contributed by atoms with Crippen LogP contribution < -0.4 is 4.74 Å². The maximum atomic E-state index is 5.56. The van der Waals surface area contributed by atoms with E-state index in [4.69, 9.17) is 4.74 Å². The van der Waals surface area contributed by atoms with E-state index in [1.54, 1.807) is 6.20 Å². The second-order valence-electron chi connectivity index (χ2n) is 3.48. The van der Waals surface area contributed by atoms with E-state index in [-0.39, 0.29) is 0 Å². The first-order chi connectivity index (χ1) is 7.92. The van der Waals surface area contributed by atoms with E-state index in [0.29, 0.717) is 23.8 Å². The number of nitrogens with one attached hydrogen (secondary N) is 1. The Kier molecular flexibility index (Phi) is 1.23. The summed E-state index contributed by atoms with van der Waals surface area (Å²) < 4.78 is 7.08. The molecule has 3 aromatic heterocycles. The van der Waals surface area contributed by atoms with E-state index in [9.17, 15) is 0 Å². The van der Waals surface area contributed by atoms with Gasteiger partial charge in [-0.05, 0) is 10.4 Å². The molecule has 0 saturated heterocycles. The number of tetrazole rings is 1. The second-order valence-corrected chi connectivity index (χ2v) is 3.48. The third kappa shape index (κ3) is 0.853. The number of hydrogen-bond acceptors (Lipinski definition) is 6. The minimum atomic E-state index is 0.527. The van der Waals surface area contributed by atoms with Gasteiger partial charge in [-0.2, -0.15) is 9.61 Å². The molecule has 0 spiro atoms. The highest BCUT2D eigenvalue weighted by Crippen LogP contribution is 2.34. The van der Waals surface area contributed by atoms with Crippen LogP contribution in [0.1, 0.15) is 11.1 Å². The molecule has 0 atom stereocenters. The smallest absolute Gasteiger partial charge is 0.230 e. The first-order valence-corrected chi connectivity index (χ1v) is 4.67. The fourth-order valence-electron chi connectivity index (χ4n) is 1.79. The van der Waals surface area contributed by atoms with Gasteiger partial charge in [0.25, 0.3) is 0 Å². The van der Waals surface area contributed by atoms with Gasteiger partial charge < -0.3 is 4.74 Å². The number of hydrogen-bond donors (Lipinski definition) is 1. The quantitative estimate of drug-likeness (QED) is 0.441. The lowest BCUT2D eigenvalue weighted by molar-refractivity contribution is 0.422. The van der Waals surface area contributed by atoms with E-state index in [0.717, 1.165) is 11.1 Å². The molecule has 78 valence electrons. The van der Waals surface area contributed by atoms with Crippen LogP contribution in [0, 0.1) is 0 Å². The van der Waals surface area contributed by atoms with Gasteiger partial charge in [-0.3, -0.25) is 0 Å². The van der Waals surface area contributed by atoms with Crippen molar-refractivity contribution >= 4 is 5.65 Å². The molecule has 0 amide bonds. The van der Waals surface area contributed by atoms with Crippen LogP contribution in [0.25, 0.3) is 5.65 Å². The van der Waals surface area contributed by atoms with Gasteiger partial charge in [0, 0.05) is 12.0 Å². The first-order valence-electron chi connectivity index (χ1n) is 4.67. The zero-order valence-electron chi connectivity index (χ0n) is 7.95. The van der Waals surface area contributed by atoms with Crippen LogP contribution >= 0.6 is 0 Å². The van der Waals surface area contributed by atoms with Gasteiger partial charge in [0.05, 0.1) is 11.8 Å². The molecular formula is C8H5N7O. The van der Waals surface area contributed by atoms with Crippen molar-refractivity contribution < 1.29 is 4.74 Å². The van der Waals surface area contributed by atoms with Crippen molar-refractivity contribution in [2.45, 2.75) is 6.42 Å². The molecule has 1 aliphatic rings. The van der Waals surface area contributed by atoms with E-state index < -0.39 is 0 Å². The van der Waals surface area contributed by atoms with Crippen LogP contribution in [0.3, 0.4) is 0 Å². The first kappa shape index (κ1) is 7.74. The molecule has 0 radical (unpaired) electrons. The largest absolute Gasteiger partial charge is 0.420 e. The molecule has 8 nitrogen and oxygen atoms in total. The Labute approximate surface area is 88.3 Å². The summed E-state index contributed by atoms with van der Waals surface area (Å²) in [5.74, 6) is 1.16. The third-order valence-electron chi connectivity index (χ3n) is 2.55. The van der Waals surface area contributed by atoms with Crippen LogP contribution in [0.4, 0.5) is 0 Å². The second kappa shape index (κ2) is 2.54. The van der Waals surface area contributed by atoms with Crippen molar-refractivity contribution in [2.24, 2.45) is 0 Å². The highest BCUT2D eigenvalue weighted by Gasteiger charge is 2.23. The number of ether oxygens (including phenoxy) is 1. The summed E-state index contributed by atoms with van der Waals surface area (Å²) in [4.78, 5) is 4.15. The molecule has 4 rings (SSSR count). The van der Waals surface area contributed by atoms with Crippen LogP contribution in [-0.2, 0) is 6.42 Å². The van der Waals surface area contributed by atoms with Crippen LogP contribution in [0.2, 0.25) is 0 Å². The normalized spacial score (nSPS) is 13.2. The number of aromatic amines is 1. The predicted molar refractivity (Wildman–Crippen MR) is 50.0 cm³/mol. The van der Waals surface area contributed by atoms with Crippen LogP contribution in [0.5, 0.6) is 11.8 Å². The summed E-state index contributed by atoms with van der Waals surface area (Å²) in [5, 5.41) is 18.0. The molecule has 0 fully saturated rings. The standard InChI is InChI=1S/C8H5N7O/c1-4-2-10-12-7(4)16-8-5(1)6-11-13-14-15(6)3-9-8/h2-3H,1H2,(H,10,12). The van der Waals surface area contributed by atoms with E-state index in [1.807, 2.05) is 0 Å². The number of aromatic nitrogens is 7. The average Bonchev–Trinajstić information content (AvgIpc) is 2.94. The Morgan fingerprint density at radius 3 is 3.44 bits per heavy atom. The summed E-state index contributed by atoms with van der Waals surface area (Å²) in [7, 11) is 0. The summed E-state index contributed by atoms with van der Waals surface area (Å²) in [6.45, 7) is 0. The highest BCUT2D eigenvalue weighted by molar-refractivity contribution is 5.56. The average molecular weight is 215 g/mol. The van der Waals surface area contributed by atoms with Gasteiger partial charge in [0.15, 0.2) is 5.65 Å². The number of fused-ring (bicyclic) bond motifs is 4.